The van der Waals surface area contributed by atoms with Crippen LogP contribution in [0.4, 0.5) is 0 Å². The van der Waals surface area contributed by atoms with Gasteiger partial charge in [0.1, 0.15) is 5.22 Å². The molecule has 1 heterocycles. The van der Waals surface area contributed by atoms with Crippen molar-refractivity contribution in [1.29, 1.82) is 0 Å². The lowest BCUT2D eigenvalue weighted by Gasteiger charge is -2.44. The molecule has 0 spiro atoms. The molecule has 2 N–H and O–H groups in total. The monoisotopic (exact) mass is 261 g/mol. The van der Waals surface area contributed by atoms with Gasteiger partial charge < -0.3 is 19.3 Å². The first-order valence-corrected chi connectivity index (χ1v) is 8.36. The van der Waals surface area contributed by atoms with E-state index in [4.69, 9.17) is 19.3 Å². The van der Waals surface area contributed by atoms with Crippen molar-refractivity contribution in [3.63, 3.8) is 0 Å². The van der Waals surface area contributed by atoms with E-state index in [1.807, 2.05) is 13.8 Å². The van der Waals surface area contributed by atoms with E-state index in [0.717, 1.165) is 32.3 Å². The molecule has 0 aromatic carbocycles. The second-order valence-electron chi connectivity index (χ2n) is 4.52. The summed E-state index contributed by atoms with van der Waals surface area (Å²) in [5, 5.41) is -0.320. The average molecular weight is 261 g/mol. The number of nitrogens with two attached hydrogens (primary N) is 1. The van der Waals surface area contributed by atoms with Gasteiger partial charge in [0.2, 0.25) is 0 Å². The van der Waals surface area contributed by atoms with E-state index >= 15 is 0 Å². The molecule has 0 aromatic rings. The molecule has 1 aliphatic rings. The molecule has 102 valence electrons. The van der Waals surface area contributed by atoms with Crippen LogP contribution in [0, 0.1) is 0 Å². The van der Waals surface area contributed by atoms with Gasteiger partial charge in [-0.1, -0.05) is 6.92 Å². The zero-order valence-corrected chi connectivity index (χ0v) is 12.6. The molecule has 0 radical (unpaired) electrons. The van der Waals surface area contributed by atoms with E-state index in [2.05, 4.69) is 6.92 Å². The molecule has 4 nitrogen and oxygen atoms in total. The summed E-state index contributed by atoms with van der Waals surface area (Å²) in [5.74, 6) is 0. The largest absolute Gasteiger partial charge is 0.395 e. The zero-order chi connectivity index (χ0) is 12.7. The molecule has 1 aliphatic heterocycles. The van der Waals surface area contributed by atoms with Crippen LogP contribution in [0.15, 0.2) is 0 Å². The van der Waals surface area contributed by atoms with Crippen LogP contribution >= 0.6 is 0 Å². The van der Waals surface area contributed by atoms with Crippen LogP contribution in [0.2, 0.25) is 0 Å². The van der Waals surface area contributed by atoms with Gasteiger partial charge in [-0.3, -0.25) is 0 Å². The molecule has 0 bridgehead atoms. The Bertz CT molecular complexity index is 204. The Hall–Kier alpha value is 0.0569. The summed E-state index contributed by atoms with van der Waals surface area (Å²) < 4.78 is 17.8. The Morgan fingerprint density at radius 3 is 2.29 bits per heavy atom. The third-order valence-electron chi connectivity index (χ3n) is 3.44. The molecule has 2 unspecified atom stereocenters. The maximum Gasteiger partial charge on any atom is 0.356 e. The molecule has 2 atom stereocenters. The Morgan fingerprint density at radius 1 is 1.24 bits per heavy atom. The fraction of sp³-hybridized carbons (Fsp3) is 1.00. The summed E-state index contributed by atoms with van der Waals surface area (Å²) in [6, 6.07) is 0.0255. The summed E-state index contributed by atoms with van der Waals surface area (Å²) in [5.41, 5.74) is 6.29. The molecule has 0 saturated carbocycles. The fourth-order valence-corrected chi connectivity index (χ4v) is 5.01. The van der Waals surface area contributed by atoms with Crippen LogP contribution in [-0.4, -0.2) is 40.4 Å². The van der Waals surface area contributed by atoms with Crippen molar-refractivity contribution in [2.75, 3.05) is 19.8 Å². The van der Waals surface area contributed by atoms with E-state index in [1.165, 1.54) is 0 Å². The Kier molecular flexibility index (Phi) is 6.65. The summed E-state index contributed by atoms with van der Waals surface area (Å²) in [4.78, 5) is 0. The Balaban J connectivity index is 2.84. The average Bonchev–Trinajstić information content (AvgIpc) is 2.38. The quantitative estimate of drug-likeness (QED) is 0.706. The number of rotatable bonds is 7. The zero-order valence-electron chi connectivity index (χ0n) is 11.4. The van der Waals surface area contributed by atoms with Gasteiger partial charge in [-0.2, -0.15) is 0 Å². The molecule has 0 aromatic heterocycles. The standard InChI is InChI=1S/C12H27NO3Si/c1-4-11(13)12(9-7-8-10-14-12)17(15-5-2)16-6-3/h11,17H,4-10,13H2,1-3H3. The van der Waals surface area contributed by atoms with E-state index < -0.39 is 9.28 Å². The van der Waals surface area contributed by atoms with Gasteiger partial charge in [0.05, 0.1) is 0 Å². The van der Waals surface area contributed by atoms with Crippen LogP contribution in [-0.2, 0) is 13.6 Å². The maximum atomic E-state index is 6.29. The lowest BCUT2D eigenvalue weighted by molar-refractivity contribution is -0.0663. The second kappa shape index (κ2) is 7.48. The smallest absolute Gasteiger partial charge is 0.356 e. The van der Waals surface area contributed by atoms with Gasteiger partial charge in [-0.15, -0.1) is 0 Å². The summed E-state index contributed by atoms with van der Waals surface area (Å²) in [6.07, 6.45) is 4.18. The highest BCUT2D eigenvalue weighted by atomic mass is 28.3. The van der Waals surface area contributed by atoms with E-state index in [9.17, 15) is 0 Å². The summed E-state index contributed by atoms with van der Waals surface area (Å²) in [6.45, 7) is 8.27. The van der Waals surface area contributed by atoms with Crippen LogP contribution < -0.4 is 5.73 Å². The van der Waals surface area contributed by atoms with Crippen molar-refractivity contribution in [1.82, 2.24) is 0 Å². The van der Waals surface area contributed by atoms with E-state index in [0.29, 0.717) is 13.2 Å². The normalized spacial score (nSPS) is 27.4. The SMILES string of the molecule is CCO[SiH](OCC)C1(C(N)CC)CCCCO1. The summed E-state index contributed by atoms with van der Waals surface area (Å²) >= 11 is 0. The third-order valence-corrected chi connectivity index (χ3v) is 6.39. The highest BCUT2D eigenvalue weighted by molar-refractivity contribution is 6.48. The lowest BCUT2D eigenvalue weighted by Crippen LogP contribution is -2.63. The van der Waals surface area contributed by atoms with Gasteiger partial charge >= 0.3 is 9.28 Å². The molecule has 5 heteroatoms. The van der Waals surface area contributed by atoms with Crippen molar-refractivity contribution in [3.05, 3.63) is 0 Å². The molecular weight excluding hydrogens is 234 g/mol. The van der Waals surface area contributed by atoms with Gasteiger partial charge in [0, 0.05) is 25.9 Å². The van der Waals surface area contributed by atoms with Crippen molar-refractivity contribution in [2.45, 2.75) is 57.7 Å². The van der Waals surface area contributed by atoms with Crippen molar-refractivity contribution >= 4 is 9.28 Å². The molecular formula is C12H27NO3Si. The Labute approximate surface area is 107 Å². The van der Waals surface area contributed by atoms with Crippen LogP contribution in [0.25, 0.3) is 0 Å². The molecule has 0 amide bonds. The first-order chi connectivity index (χ1) is 8.21. The lowest BCUT2D eigenvalue weighted by atomic mass is 10.00. The highest BCUT2D eigenvalue weighted by Crippen LogP contribution is 2.32. The van der Waals surface area contributed by atoms with Gasteiger partial charge in [-0.25, -0.2) is 0 Å². The number of hydrogen-bond acceptors (Lipinski definition) is 4. The van der Waals surface area contributed by atoms with Gasteiger partial charge in [0.15, 0.2) is 0 Å². The van der Waals surface area contributed by atoms with Crippen molar-refractivity contribution in [3.8, 4) is 0 Å². The topological polar surface area (TPSA) is 53.7 Å². The third kappa shape index (κ3) is 3.51. The molecule has 17 heavy (non-hydrogen) atoms. The van der Waals surface area contributed by atoms with E-state index in [-0.39, 0.29) is 11.3 Å². The Morgan fingerprint density at radius 2 is 1.88 bits per heavy atom. The van der Waals surface area contributed by atoms with Crippen LogP contribution in [0.1, 0.15) is 46.5 Å². The second-order valence-corrected chi connectivity index (χ2v) is 6.83. The fourth-order valence-electron chi connectivity index (χ4n) is 2.47. The predicted octanol–water partition coefficient (Wildman–Crippen LogP) is 1.50. The van der Waals surface area contributed by atoms with E-state index in [1.54, 1.807) is 0 Å². The maximum absolute atomic E-state index is 6.29. The first kappa shape index (κ1) is 15.1. The molecule has 1 saturated heterocycles. The predicted molar refractivity (Wildman–Crippen MR) is 71.2 cm³/mol. The summed E-state index contributed by atoms with van der Waals surface area (Å²) in [7, 11) is -1.87. The van der Waals surface area contributed by atoms with Crippen molar-refractivity contribution < 1.29 is 13.6 Å². The van der Waals surface area contributed by atoms with Gasteiger partial charge in [0.25, 0.3) is 0 Å². The first-order valence-electron chi connectivity index (χ1n) is 6.84. The van der Waals surface area contributed by atoms with Crippen LogP contribution in [0.3, 0.4) is 0 Å². The van der Waals surface area contributed by atoms with Gasteiger partial charge in [-0.05, 0) is 39.5 Å². The number of ether oxygens (including phenoxy) is 1. The molecule has 1 fully saturated rings. The minimum absolute atomic E-state index is 0.0255. The highest BCUT2D eigenvalue weighted by Gasteiger charge is 2.49. The van der Waals surface area contributed by atoms with Crippen LogP contribution in [0.5, 0.6) is 0 Å². The molecule has 1 rings (SSSR count). The molecule has 0 aliphatic carbocycles. The minimum atomic E-state index is -1.87. The number of hydrogen-bond donors (Lipinski definition) is 1. The van der Waals surface area contributed by atoms with Crippen molar-refractivity contribution in [2.24, 2.45) is 5.73 Å². The minimum Gasteiger partial charge on any atom is -0.395 e.